The fourth-order valence-corrected chi connectivity index (χ4v) is 2.07. The van der Waals surface area contributed by atoms with Crippen molar-refractivity contribution < 1.29 is 4.79 Å². The standard InChI is InChI=1S/C12H20ClN3O/c1-5-15(6-2)12(17)11(13)10-7-14-8-16(10)9(3)4/h7-9,11H,5-6H2,1-4H3. The molecule has 1 atom stereocenters. The zero-order chi connectivity index (χ0) is 13.0. The van der Waals surface area contributed by atoms with Crippen LogP contribution >= 0.6 is 11.6 Å². The lowest BCUT2D eigenvalue weighted by atomic mass is 10.2. The molecule has 17 heavy (non-hydrogen) atoms. The molecule has 0 aliphatic carbocycles. The number of alkyl halides is 1. The van der Waals surface area contributed by atoms with E-state index in [4.69, 9.17) is 11.6 Å². The molecule has 1 amide bonds. The normalized spacial score (nSPS) is 12.8. The minimum Gasteiger partial charge on any atom is -0.342 e. The zero-order valence-electron chi connectivity index (χ0n) is 10.9. The summed E-state index contributed by atoms with van der Waals surface area (Å²) in [7, 11) is 0. The Hall–Kier alpha value is -1.03. The van der Waals surface area contributed by atoms with Crippen molar-refractivity contribution in [2.75, 3.05) is 13.1 Å². The highest BCUT2D eigenvalue weighted by Crippen LogP contribution is 2.25. The molecule has 0 fully saturated rings. The van der Waals surface area contributed by atoms with Gasteiger partial charge in [0.25, 0.3) is 0 Å². The molecule has 0 radical (unpaired) electrons. The maximum Gasteiger partial charge on any atom is 0.246 e. The number of carbonyl (C=O) groups is 1. The van der Waals surface area contributed by atoms with Gasteiger partial charge in [-0.3, -0.25) is 4.79 Å². The van der Waals surface area contributed by atoms with Crippen LogP contribution in [-0.2, 0) is 4.79 Å². The Labute approximate surface area is 108 Å². The summed E-state index contributed by atoms with van der Waals surface area (Å²) in [6, 6.07) is 0.248. The van der Waals surface area contributed by atoms with Crippen LogP contribution in [0.25, 0.3) is 0 Å². The van der Waals surface area contributed by atoms with Crippen LogP contribution in [0.15, 0.2) is 12.5 Å². The van der Waals surface area contributed by atoms with Gasteiger partial charge in [0.05, 0.1) is 18.2 Å². The molecular weight excluding hydrogens is 238 g/mol. The molecule has 1 aromatic rings. The molecule has 4 nitrogen and oxygen atoms in total. The molecule has 0 aromatic carbocycles. The van der Waals surface area contributed by atoms with Crippen molar-refractivity contribution >= 4 is 17.5 Å². The molecule has 0 saturated carbocycles. The predicted molar refractivity (Wildman–Crippen MR) is 69.1 cm³/mol. The third kappa shape index (κ3) is 3.00. The number of halogens is 1. The Kier molecular flexibility index (Phi) is 5.00. The maximum absolute atomic E-state index is 12.1. The highest BCUT2D eigenvalue weighted by Gasteiger charge is 2.25. The summed E-state index contributed by atoms with van der Waals surface area (Å²) in [4.78, 5) is 17.9. The smallest absolute Gasteiger partial charge is 0.246 e. The first-order chi connectivity index (χ1) is 8.02. The minimum absolute atomic E-state index is 0.0564. The van der Waals surface area contributed by atoms with E-state index in [1.54, 1.807) is 17.4 Å². The van der Waals surface area contributed by atoms with Crippen molar-refractivity contribution in [1.82, 2.24) is 14.5 Å². The van der Waals surface area contributed by atoms with E-state index in [2.05, 4.69) is 4.98 Å². The van der Waals surface area contributed by atoms with Gasteiger partial charge in [-0.25, -0.2) is 4.98 Å². The van der Waals surface area contributed by atoms with Crippen LogP contribution in [0.2, 0.25) is 0 Å². The first-order valence-electron chi connectivity index (χ1n) is 5.97. The monoisotopic (exact) mass is 257 g/mol. The van der Waals surface area contributed by atoms with Crippen molar-refractivity contribution in [1.29, 1.82) is 0 Å². The second-order valence-electron chi connectivity index (χ2n) is 4.19. The molecule has 1 aromatic heterocycles. The maximum atomic E-state index is 12.1. The minimum atomic E-state index is -0.653. The van der Waals surface area contributed by atoms with Crippen molar-refractivity contribution in [3.05, 3.63) is 18.2 Å². The first-order valence-corrected chi connectivity index (χ1v) is 6.41. The average Bonchev–Trinajstić information content (AvgIpc) is 2.78. The average molecular weight is 258 g/mol. The summed E-state index contributed by atoms with van der Waals surface area (Å²) in [5.41, 5.74) is 0.763. The third-order valence-corrected chi connectivity index (χ3v) is 3.21. The molecule has 0 aliphatic heterocycles. The summed E-state index contributed by atoms with van der Waals surface area (Å²) >= 11 is 6.25. The number of amides is 1. The molecule has 96 valence electrons. The van der Waals surface area contributed by atoms with Gasteiger partial charge in [-0.05, 0) is 27.7 Å². The van der Waals surface area contributed by atoms with Gasteiger partial charge in [-0.15, -0.1) is 11.6 Å². The molecule has 1 rings (SSSR count). The summed E-state index contributed by atoms with van der Waals surface area (Å²) in [6.45, 7) is 9.32. The molecule has 0 aliphatic rings. The van der Waals surface area contributed by atoms with Crippen LogP contribution in [-0.4, -0.2) is 33.4 Å². The van der Waals surface area contributed by atoms with Crippen molar-refractivity contribution in [3.63, 3.8) is 0 Å². The SMILES string of the molecule is CCN(CC)C(=O)C(Cl)c1cncn1C(C)C. The summed E-state index contributed by atoms with van der Waals surface area (Å²) in [5.74, 6) is -0.0564. The van der Waals surface area contributed by atoms with Crippen molar-refractivity contribution in [2.45, 2.75) is 39.1 Å². The summed E-state index contributed by atoms with van der Waals surface area (Å²) in [5, 5.41) is -0.653. The predicted octanol–water partition coefficient (Wildman–Crippen LogP) is 2.61. The molecular formula is C12H20ClN3O. The second kappa shape index (κ2) is 6.05. The highest BCUT2D eigenvalue weighted by atomic mass is 35.5. The van der Waals surface area contributed by atoms with Gasteiger partial charge in [-0.1, -0.05) is 0 Å². The van der Waals surface area contributed by atoms with Gasteiger partial charge in [0.1, 0.15) is 0 Å². The van der Waals surface area contributed by atoms with E-state index < -0.39 is 5.38 Å². The topological polar surface area (TPSA) is 38.1 Å². The molecule has 5 heteroatoms. The Morgan fingerprint density at radius 2 is 2.06 bits per heavy atom. The Morgan fingerprint density at radius 1 is 1.47 bits per heavy atom. The molecule has 0 spiro atoms. The lowest BCUT2D eigenvalue weighted by Gasteiger charge is -2.23. The number of rotatable bonds is 5. The van der Waals surface area contributed by atoms with E-state index in [9.17, 15) is 4.79 Å². The number of hydrogen-bond acceptors (Lipinski definition) is 2. The van der Waals surface area contributed by atoms with Gasteiger partial charge in [0.15, 0.2) is 5.38 Å². The van der Waals surface area contributed by atoms with E-state index in [0.717, 1.165) is 5.69 Å². The lowest BCUT2D eigenvalue weighted by molar-refractivity contribution is -0.130. The largest absolute Gasteiger partial charge is 0.342 e. The van der Waals surface area contributed by atoms with Crippen LogP contribution in [0.4, 0.5) is 0 Å². The summed E-state index contributed by atoms with van der Waals surface area (Å²) < 4.78 is 1.93. The third-order valence-electron chi connectivity index (χ3n) is 2.80. The highest BCUT2D eigenvalue weighted by molar-refractivity contribution is 6.30. The van der Waals surface area contributed by atoms with Crippen molar-refractivity contribution in [3.8, 4) is 0 Å². The molecule has 1 heterocycles. The molecule has 0 bridgehead atoms. The fraction of sp³-hybridized carbons (Fsp3) is 0.667. The van der Waals surface area contributed by atoms with E-state index >= 15 is 0 Å². The van der Waals surface area contributed by atoms with Gasteiger partial charge in [0.2, 0.25) is 5.91 Å². The van der Waals surface area contributed by atoms with Crippen LogP contribution in [0, 0.1) is 0 Å². The van der Waals surface area contributed by atoms with Crippen LogP contribution in [0.3, 0.4) is 0 Å². The number of imidazole rings is 1. The number of carbonyl (C=O) groups excluding carboxylic acids is 1. The van der Waals surface area contributed by atoms with Crippen LogP contribution in [0.5, 0.6) is 0 Å². The Bertz CT molecular complexity index is 372. The van der Waals surface area contributed by atoms with Gasteiger partial charge >= 0.3 is 0 Å². The number of likely N-dealkylation sites (N-methyl/N-ethyl adjacent to an activating group) is 1. The second-order valence-corrected chi connectivity index (χ2v) is 4.63. The van der Waals surface area contributed by atoms with Gasteiger partial charge < -0.3 is 9.47 Å². The zero-order valence-corrected chi connectivity index (χ0v) is 11.6. The van der Waals surface area contributed by atoms with E-state index in [1.165, 1.54) is 0 Å². The van der Waals surface area contributed by atoms with E-state index in [-0.39, 0.29) is 11.9 Å². The number of hydrogen-bond donors (Lipinski definition) is 0. The Morgan fingerprint density at radius 3 is 2.53 bits per heavy atom. The summed E-state index contributed by atoms with van der Waals surface area (Å²) in [6.07, 6.45) is 3.38. The fourth-order valence-electron chi connectivity index (χ4n) is 1.76. The van der Waals surface area contributed by atoms with E-state index in [0.29, 0.717) is 13.1 Å². The van der Waals surface area contributed by atoms with Crippen molar-refractivity contribution in [2.24, 2.45) is 0 Å². The number of aromatic nitrogens is 2. The number of nitrogens with zero attached hydrogens (tertiary/aromatic N) is 3. The Balaban J connectivity index is 2.92. The lowest BCUT2D eigenvalue weighted by Crippen LogP contribution is -2.33. The van der Waals surface area contributed by atoms with Crippen LogP contribution < -0.4 is 0 Å². The molecule has 0 N–H and O–H groups in total. The van der Waals surface area contributed by atoms with E-state index in [1.807, 2.05) is 32.3 Å². The first kappa shape index (κ1) is 14.0. The molecule has 1 unspecified atom stereocenters. The molecule has 0 saturated heterocycles. The van der Waals surface area contributed by atoms with Gasteiger partial charge in [0, 0.05) is 19.1 Å². The quantitative estimate of drug-likeness (QED) is 0.761. The van der Waals surface area contributed by atoms with Crippen LogP contribution in [0.1, 0.15) is 44.8 Å². The van der Waals surface area contributed by atoms with Gasteiger partial charge in [-0.2, -0.15) is 0 Å².